The van der Waals surface area contributed by atoms with Crippen LogP contribution >= 0.6 is 11.6 Å². The average Bonchev–Trinajstić information content (AvgIpc) is 3.00. The zero-order chi connectivity index (χ0) is 18.2. The fourth-order valence-corrected chi connectivity index (χ4v) is 3.08. The number of hydrogen-bond acceptors (Lipinski definition) is 4. The van der Waals surface area contributed by atoms with E-state index in [0.717, 1.165) is 6.26 Å². The van der Waals surface area contributed by atoms with E-state index in [1.807, 2.05) is 0 Å². The Morgan fingerprint density at radius 2 is 1.80 bits per heavy atom. The molecule has 0 bridgehead atoms. The Balaban J connectivity index is 2.16. The van der Waals surface area contributed by atoms with Crippen LogP contribution in [0.15, 0.2) is 59.5 Å². The third kappa shape index (κ3) is 3.62. The van der Waals surface area contributed by atoms with Crippen LogP contribution in [0.5, 0.6) is 0 Å². The number of aromatic nitrogens is 2. The van der Waals surface area contributed by atoms with E-state index in [0.29, 0.717) is 16.9 Å². The first kappa shape index (κ1) is 17.3. The van der Waals surface area contributed by atoms with E-state index in [2.05, 4.69) is 5.10 Å². The van der Waals surface area contributed by atoms with E-state index in [-0.39, 0.29) is 10.6 Å². The summed E-state index contributed by atoms with van der Waals surface area (Å²) in [6.07, 6.45) is 1.11. The minimum atomic E-state index is -3.33. The third-order valence-corrected chi connectivity index (χ3v) is 4.86. The predicted molar refractivity (Wildman–Crippen MR) is 92.3 cm³/mol. The van der Waals surface area contributed by atoms with Crippen molar-refractivity contribution in [2.45, 2.75) is 4.90 Å². The summed E-state index contributed by atoms with van der Waals surface area (Å²) in [5, 5.41) is 3.37. The van der Waals surface area contributed by atoms with Crippen LogP contribution in [0.4, 0.5) is 4.39 Å². The molecule has 1 aromatic heterocycles. The van der Waals surface area contributed by atoms with Crippen molar-refractivity contribution >= 4 is 26.7 Å². The molecule has 128 valence electrons. The highest BCUT2D eigenvalue weighted by Crippen LogP contribution is 2.26. The van der Waals surface area contributed by atoms with Crippen LogP contribution in [0, 0.1) is 5.82 Å². The molecule has 0 unspecified atom stereocenters. The van der Waals surface area contributed by atoms with Crippen LogP contribution in [0.3, 0.4) is 0 Å². The van der Waals surface area contributed by atoms with Crippen LogP contribution in [0.25, 0.3) is 16.9 Å². The predicted octanol–water partition coefficient (Wildman–Crippen LogP) is 3.46. The Labute approximate surface area is 148 Å². The van der Waals surface area contributed by atoms with Gasteiger partial charge in [-0.05, 0) is 48.0 Å². The van der Waals surface area contributed by atoms with E-state index >= 15 is 0 Å². The molecule has 0 aliphatic carbocycles. The molecule has 0 N–H and O–H groups in total. The summed E-state index contributed by atoms with van der Waals surface area (Å²) in [5.74, 6) is -0.454. The van der Waals surface area contributed by atoms with Gasteiger partial charge in [-0.3, -0.25) is 4.79 Å². The standard InChI is InChI=1S/C17H12ClFN2O3S/c1-25(23,24)14-7-5-11(6-8-14)16-10-15(17(18)22)20-21(16)13-4-2-3-12(19)9-13/h2-10H,1H3. The van der Waals surface area contributed by atoms with E-state index in [1.54, 1.807) is 18.2 Å². The van der Waals surface area contributed by atoms with Gasteiger partial charge < -0.3 is 0 Å². The van der Waals surface area contributed by atoms with Gasteiger partial charge in [0.05, 0.1) is 16.3 Å². The molecule has 0 aliphatic rings. The van der Waals surface area contributed by atoms with Gasteiger partial charge >= 0.3 is 0 Å². The molecule has 0 saturated heterocycles. The first-order chi connectivity index (χ1) is 11.8. The fraction of sp³-hybridized carbons (Fsp3) is 0.0588. The molecule has 0 atom stereocenters. The van der Waals surface area contributed by atoms with Crippen molar-refractivity contribution < 1.29 is 17.6 Å². The van der Waals surface area contributed by atoms with Crippen LogP contribution in [-0.2, 0) is 9.84 Å². The molecular weight excluding hydrogens is 367 g/mol. The van der Waals surface area contributed by atoms with Crippen LogP contribution in [-0.4, -0.2) is 29.7 Å². The number of sulfone groups is 1. The molecule has 2 aromatic carbocycles. The molecule has 0 saturated carbocycles. The minimum absolute atomic E-state index is 0.00752. The number of benzene rings is 2. The fourth-order valence-electron chi connectivity index (χ4n) is 2.36. The molecule has 1 heterocycles. The Morgan fingerprint density at radius 1 is 1.12 bits per heavy atom. The van der Waals surface area contributed by atoms with Gasteiger partial charge in [-0.1, -0.05) is 18.2 Å². The van der Waals surface area contributed by atoms with Gasteiger partial charge in [-0.15, -0.1) is 0 Å². The minimum Gasteiger partial charge on any atom is -0.274 e. The first-order valence-electron chi connectivity index (χ1n) is 7.12. The second-order valence-electron chi connectivity index (χ2n) is 5.38. The van der Waals surface area contributed by atoms with Crippen LogP contribution in [0.2, 0.25) is 0 Å². The summed E-state index contributed by atoms with van der Waals surface area (Å²) in [6, 6.07) is 13.3. The Bertz CT molecular complexity index is 1060. The number of halogens is 2. The molecule has 5 nitrogen and oxygen atoms in total. The lowest BCUT2D eigenvalue weighted by atomic mass is 10.1. The van der Waals surface area contributed by atoms with Crippen molar-refractivity contribution in [1.29, 1.82) is 0 Å². The molecule has 3 rings (SSSR count). The number of hydrogen-bond donors (Lipinski definition) is 0. The summed E-state index contributed by atoms with van der Waals surface area (Å²) in [7, 11) is -3.33. The Hall–Kier alpha value is -2.51. The summed E-state index contributed by atoms with van der Waals surface area (Å²) in [6.45, 7) is 0. The zero-order valence-electron chi connectivity index (χ0n) is 13.0. The molecule has 8 heteroatoms. The van der Waals surface area contributed by atoms with E-state index in [4.69, 9.17) is 11.6 Å². The molecule has 0 radical (unpaired) electrons. The maximum absolute atomic E-state index is 13.5. The Morgan fingerprint density at radius 3 is 2.36 bits per heavy atom. The maximum Gasteiger partial charge on any atom is 0.272 e. The van der Waals surface area contributed by atoms with E-state index < -0.39 is 20.9 Å². The number of carbonyl (C=O) groups excluding carboxylic acids is 1. The lowest BCUT2D eigenvalue weighted by molar-refractivity contribution is 0.107. The van der Waals surface area contributed by atoms with Crippen LogP contribution < -0.4 is 0 Å². The van der Waals surface area contributed by atoms with Gasteiger partial charge in [-0.25, -0.2) is 17.5 Å². The second-order valence-corrected chi connectivity index (χ2v) is 7.74. The molecule has 3 aromatic rings. The van der Waals surface area contributed by atoms with Crippen molar-refractivity contribution in [3.8, 4) is 16.9 Å². The van der Waals surface area contributed by atoms with Gasteiger partial charge in [0.25, 0.3) is 5.24 Å². The highest BCUT2D eigenvalue weighted by molar-refractivity contribution is 7.90. The van der Waals surface area contributed by atoms with Gasteiger partial charge in [0, 0.05) is 11.8 Å². The van der Waals surface area contributed by atoms with Crippen molar-refractivity contribution in [2.24, 2.45) is 0 Å². The summed E-state index contributed by atoms with van der Waals surface area (Å²) >= 11 is 5.51. The van der Waals surface area contributed by atoms with Gasteiger partial charge in [0.1, 0.15) is 11.5 Å². The highest BCUT2D eigenvalue weighted by atomic mass is 35.5. The van der Waals surface area contributed by atoms with Crippen molar-refractivity contribution in [3.05, 3.63) is 66.1 Å². The number of nitrogens with zero attached hydrogens (tertiary/aromatic N) is 2. The lowest BCUT2D eigenvalue weighted by Crippen LogP contribution is -2.01. The van der Waals surface area contributed by atoms with Gasteiger partial charge in [-0.2, -0.15) is 5.10 Å². The molecule has 0 aliphatic heterocycles. The second kappa shape index (κ2) is 6.42. The number of carbonyl (C=O) groups is 1. The van der Waals surface area contributed by atoms with Gasteiger partial charge in [0.2, 0.25) is 0 Å². The summed E-state index contributed by atoms with van der Waals surface area (Å²) < 4.78 is 38.1. The molecule has 0 amide bonds. The van der Waals surface area contributed by atoms with E-state index in [9.17, 15) is 17.6 Å². The number of rotatable bonds is 4. The maximum atomic E-state index is 13.5. The SMILES string of the molecule is CS(=O)(=O)c1ccc(-c2cc(C(=O)Cl)nn2-c2cccc(F)c2)cc1. The lowest BCUT2D eigenvalue weighted by Gasteiger charge is -2.08. The van der Waals surface area contributed by atoms with Crippen LogP contribution in [0.1, 0.15) is 10.5 Å². The third-order valence-electron chi connectivity index (χ3n) is 3.54. The summed E-state index contributed by atoms with van der Waals surface area (Å²) in [5.41, 5.74) is 1.50. The molecule has 25 heavy (non-hydrogen) atoms. The highest BCUT2D eigenvalue weighted by Gasteiger charge is 2.16. The van der Waals surface area contributed by atoms with E-state index in [1.165, 1.54) is 41.1 Å². The first-order valence-corrected chi connectivity index (χ1v) is 9.39. The normalized spacial score (nSPS) is 11.5. The smallest absolute Gasteiger partial charge is 0.272 e. The Kier molecular flexibility index (Phi) is 4.45. The largest absolute Gasteiger partial charge is 0.274 e. The van der Waals surface area contributed by atoms with Crippen molar-refractivity contribution in [1.82, 2.24) is 9.78 Å². The molecular formula is C17H12ClFN2O3S. The quantitative estimate of drug-likeness (QED) is 0.652. The average molecular weight is 379 g/mol. The molecule has 0 spiro atoms. The van der Waals surface area contributed by atoms with Crippen molar-refractivity contribution in [3.63, 3.8) is 0 Å². The monoisotopic (exact) mass is 378 g/mol. The molecule has 0 fully saturated rings. The van der Waals surface area contributed by atoms with Gasteiger partial charge in [0.15, 0.2) is 9.84 Å². The topological polar surface area (TPSA) is 69.0 Å². The van der Waals surface area contributed by atoms with Crippen molar-refractivity contribution in [2.75, 3.05) is 6.26 Å². The summed E-state index contributed by atoms with van der Waals surface area (Å²) in [4.78, 5) is 11.6. The zero-order valence-corrected chi connectivity index (χ0v) is 14.6.